The molecule has 59 heavy (non-hydrogen) atoms. The van der Waals surface area contributed by atoms with Gasteiger partial charge >= 0.3 is 0 Å². The second kappa shape index (κ2) is 15.8. The van der Waals surface area contributed by atoms with E-state index in [0.29, 0.717) is 23.0 Å². The van der Waals surface area contributed by atoms with Crippen molar-refractivity contribution >= 4 is 38.5 Å². The molecule has 9 rings (SSSR count). The van der Waals surface area contributed by atoms with Crippen LogP contribution in [-0.2, 0) is 0 Å². The summed E-state index contributed by atoms with van der Waals surface area (Å²) in [7, 11) is 0. The lowest BCUT2D eigenvalue weighted by Gasteiger charge is -2.16. The minimum atomic E-state index is 0.453. The normalized spacial score (nSPS) is 11.4. The van der Waals surface area contributed by atoms with Gasteiger partial charge in [0, 0.05) is 45.6 Å². The van der Waals surface area contributed by atoms with Gasteiger partial charge in [0.05, 0.1) is 11.0 Å². The lowest BCUT2D eigenvalue weighted by atomic mass is 9.90. The van der Waals surface area contributed by atoms with E-state index in [0.717, 1.165) is 55.8 Å². The molecule has 0 unspecified atom stereocenters. The van der Waals surface area contributed by atoms with Crippen LogP contribution in [0.3, 0.4) is 0 Å². The first kappa shape index (κ1) is 36.6. The molecule has 5 heteroatoms. The van der Waals surface area contributed by atoms with E-state index in [1.165, 1.54) is 27.4 Å². The van der Waals surface area contributed by atoms with Crippen molar-refractivity contribution in [1.82, 2.24) is 24.5 Å². The molecule has 0 saturated carbocycles. The third kappa shape index (κ3) is 6.92. The van der Waals surface area contributed by atoms with Crippen molar-refractivity contribution in [1.29, 1.82) is 0 Å². The smallest absolute Gasteiger partial charge is 0.164 e. The molecule has 280 valence electrons. The Morgan fingerprint density at radius 2 is 1.19 bits per heavy atom. The Hall–Kier alpha value is -8.02. The Morgan fingerprint density at radius 3 is 1.95 bits per heavy atom. The highest BCUT2D eigenvalue weighted by molar-refractivity contribution is 6.15. The third-order valence-electron chi connectivity index (χ3n) is 10.6. The average molecular weight is 758 g/mol. The fourth-order valence-corrected chi connectivity index (χ4v) is 7.76. The van der Waals surface area contributed by atoms with E-state index in [1.54, 1.807) is 24.5 Å². The molecule has 0 saturated heterocycles. The summed E-state index contributed by atoms with van der Waals surface area (Å²) in [6.45, 7) is 17.1. The van der Waals surface area contributed by atoms with Gasteiger partial charge in [-0.1, -0.05) is 160 Å². The highest BCUT2D eigenvalue weighted by Gasteiger charge is 2.19. The van der Waals surface area contributed by atoms with Crippen LogP contribution in [0.15, 0.2) is 215 Å². The van der Waals surface area contributed by atoms with Crippen LogP contribution >= 0.6 is 0 Å². The van der Waals surface area contributed by atoms with Gasteiger partial charge in [0.15, 0.2) is 17.5 Å². The number of benzene rings is 6. The van der Waals surface area contributed by atoms with E-state index < -0.39 is 0 Å². The monoisotopic (exact) mass is 757 g/mol. The highest BCUT2D eigenvalue weighted by Crippen LogP contribution is 2.39. The van der Waals surface area contributed by atoms with Gasteiger partial charge in [-0.05, 0) is 87.0 Å². The second-order valence-corrected chi connectivity index (χ2v) is 14.2. The molecule has 0 N–H and O–H groups in total. The number of allylic oxidation sites excluding steroid dienone is 4. The van der Waals surface area contributed by atoms with E-state index in [-0.39, 0.29) is 0 Å². The largest absolute Gasteiger partial charge is 0.309 e. The Morgan fingerprint density at radius 1 is 0.525 bits per heavy atom. The molecule has 0 aliphatic carbocycles. The summed E-state index contributed by atoms with van der Waals surface area (Å²) >= 11 is 0. The van der Waals surface area contributed by atoms with Crippen LogP contribution in [0.25, 0.3) is 77.9 Å². The third-order valence-corrected chi connectivity index (χ3v) is 10.6. The predicted octanol–water partition coefficient (Wildman–Crippen LogP) is 13.2. The van der Waals surface area contributed by atoms with Gasteiger partial charge in [0.2, 0.25) is 0 Å². The molecule has 0 spiro atoms. The summed E-state index contributed by atoms with van der Waals surface area (Å²) < 4.78 is 2.35. The highest BCUT2D eigenvalue weighted by atomic mass is 15.0. The Labute approximate surface area is 344 Å². The van der Waals surface area contributed by atoms with Crippen LogP contribution < -0.4 is 0 Å². The lowest BCUT2D eigenvalue weighted by Crippen LogP contribution is -2.06. The van der Waals surface area contributed by atoms with Crippen LogP contribution in [0.2, 0.25) is 0 Å². The number of aromatic nitrogens is 5. The summed E-state index contributed by atoms with van der Waals surface area (Å²) in [6, 6.07) is 54.7. The van der Waals surface area contributed by atoms with E-state index in [2.05, 4.69) is 151 Å². The molecule has 0 aliphatic rings. The van der Waals surface area contributed by atoms with Gasteiger partial charge in [-0.15, -0.1) is 0 Å². The maximum Gasteiger partial charge on any atom is 0.164 e. The summed E-state index contributed by atoms with van der Waals surface area (Å²) in [5.41, 5.74) is 13.8. The molecule has 5 nitrogen and oxygen atoms in total. The predicted molar refractivity (Wildman–Crippen MR) is 246 cm³/mol. The van der Waals surface area contributed by atoms with Crippen LogP contribution in [-0.4, -0.2) is 24.5 Å². The molecule has 3 heterocycles. The van der Waals surface area contributed by atoms with Gasteiger partial charge < -0.3 is 4.57 Å². The number of fused-ring (bicyclic) bond motifs is 3. The minimum Gasteiger partial charge on any atom is -0.309 e. The molecule has 9 aromatic rings. The van der Waals surface area contributed by atoms with Crippen molar-refractivity contribution in [3.63, 3.8) is 0 Å². The van der Waals surface area contributed by atoms with Crippen molar-refractivity contribution in [2.45, 2.75) is 0 Å². The van der Waals surface area contributed by atoms with Crippen molar-refractivity contribution < 1.29 is 0 Å². The molecule has 3 aromatic heterocycles. The van der Waals surface area contributed by atoms with E-state index in [4.69, 9.17) is 15.0 Å². The summed E-state index contributed by atoms with van der Waals surface area (Å²) in [4.78, 5) is 19.1. The SMILES string of the molecule is C=C/C=C(\C=C)c1nc(C(=C)c2ccccc2C(=C)c2ccc(-c3cccc4c3c3ccccc3n4-c3ccccc3)cc2)nc(-c2cccc(-c3ccncc3)c2)n1. The molecule has 0 bridgehead atoms. The van der Waals surface area contributed by atoms with E-state index in [9.17, 15) is 0 Å². The van der Waals surface area contributed by atoms with Crippen molar-refractivity contribution in [2.24, 2.45) is 0 Å². The zero-order chi connectivity index (χ0) is 40.3. The zero-order valence-electron chi connectivity index (χ0n) is 32.5. The van der Waals surface area contributed by atoms with Gasteiger partial charge in [-0.2, -0.15) is 0 Å². The summed E-state index contributed by atoms with van der Waals surface area (Å²) in [5, 5.41) is 2.44. The van der Waals surface area contributed by atoms with Crippen molar-refractivity contribution in [3.05, 3.63) is 243 Å². The molecule has 0 atom stereocenters. The number of nitrogens with zero attached hydrogens (tertiary/aromatic N) is 5. The van der Waals surface area contributed by atoms with Crippen LogP contribution in [0.1, 0.15) is 28.3 Å². The Bertz CT molecular complexity index is 3100. The molecule has 0 aliphatic heterocycles. The maximum absolute atomic E-state index is 5.02. The molecule has 0 radical (unpaired) electrons. The Kier molecular flexibility index (Phi) is 9.83. The van der Waals surface area contributed by atoms with Crippen LogP contribution in [0, 0.1) is 0 Å². The van der Waals surface area contributed by atoms with Gasteiger partial charge in [0.1, 0.15) is 0 Å². The van der Waals surface area contributed by atoms with E-state index >= 15 is 0 Å². The van der Waals surface area contributed by atoms with Gasteiger partial charge in [-0.25, -0.2) is 15.0 Å². The fourth-order valence-electron chi connectivity index (χ4n) is 7.76. The lowest BCUT2D eigenvalue weighted by molar-refractivity contribution is 1.00. The molecule has 0 amide bonds. The minimum absolute atomic E-state index is 0.453. The number of hydrogen-bond donors (Lipinski definition) is 0. The van der Waals surface area contributed by atoms with Gasteiger partial charge in [0.25, 0.3) is 0 Å². The van der Waals surface area contributed by atoms with E-state index in [1.807, 2.05) is 48.5 Å². The first-order valence-corrected chi connectivity index (χ1v) is 19.4. The zero-order valence-corrected chi connectivity index (χ0v) is 32.5. The van der Waals surface area contributed by atoms with Gasteiger partial charge in [-0.3, -0.25) is 4.98 Å². The van der Waals surface area contributed by atoms with Crippen LogP contribution in [0.4, 0.5) is 0 Å². The summed E-state index contributed by atoms with van der Waals surface area (Å²) in [6.07, 6.45) is 8.84. The second-order valence-electron chi connectivity index (χ2n) is 14.2. The molecule has 0 fully saturated rings. The van der Waals surface area contributed by atoms with Crippen molar-refractivity contribution in [2.75, 3.05) is 0 Å². The first-order valence-electron chi connectivity index (χ1n) is 19.4. The van der Waals surface area contributed by atoms with Crippen LogP contribution in [0.5, 0.6) is 0 Å². The van der Waals surface area contributed by atoms with Crippen molar-refractivity contribution in [3.8, 4) is 39.3 Å². The summed E-state index contributed by atoms with van der Waals surface area (Å²) in [5.74, 6) is 1.45. The topological polar surface area (TPSA) is 56.5 Å². The molecular formula is C54H39N5. The standard InChI is InChI=1S/C54H39N5/c1-5-16-38(6-2)53-56-52(57-54(58-53)43-18-14-17-42(35-43)40-31-33-55-34-32-40)37(4)46-22-11-10-21-45(46)36(3)39-27-29-41(30-28-39)47-24-15-26-50-51(47)48-23-12-13-25-49(48)59(50)44-19-8-7-9-20-44/h5-35H,1-4H2/b38-16+. The molecule has 6 aromatic carbocycles. The fraction of sp³-hybridized carbons (Fsp3) is 0. The molecular weight excluding hydrogens is 719 g/mol. The Balaban J connectivity index is 1.08. The quantitative estimate of drug-likeness (QED) is 0.123. The number of pyridine rings is 1. The first-order chi connectivity index (χ1) is 29.0. The maximum atomic E-state index is 5.02. The number of hydrogen-bond acceptors (Lipinski definition) is 4. The number of rotatable bonds is 11. The number of para-hydroxylation sites is 2. The average Bonchev–Trinajstić information content (AvgIpc) is 3.65.